The van der Waals surface area contributed by atoms with E-state index in [4.69, 9.17) is 9.47 Å². The van der Waals surface area contributed by atoms with E-state index in [9.17, 15) is 13.2 Å². The van der Waals surface area contributed by atoms with Gasteiger partial charge in [0.15, 0.2) is 21.3 Å². The van der Waals surface area contributed by atoms with Crippen LogP contribution in [0.15, 0.2) is 18.2 Å². The van der Waals surface area contributed by atoms with Gasteiger partial charge in [-0.3, -0.25) is 14.6 Å². The van der Waals surface area contributed by atoms with Gasteiger partial charge in [0.2, 0.25) is 12.7 Å². The van der Waals surface area contributed by atoms with Gasteiger partial charge in [-0.15, -0.1) is 0 Å². The van der Waals surface area contributed by atoms with Crippen molar-refractivity contribution in [1.29, 1.82) is 0 Å². The lowest BCUT2D eigenvalue weighted by Gasteiger charge is -2.36. The van der Waals surface area contributed by atoms with Gasteiger partial charge in [0, 0.05) is 44.8 Å². The second-order valence-corrected chi connectivity index (χ2v) is 11.1. The molecule has 0 unspecified atom stereocenters. The number of hydrogen-bond donors (Lipinski definition) is 0. The van der Waals surface area contributed by atoms with E-state index in [1.165, 1.54) is 5.56 Å². The van der Waals surface area contributed by atoms with Crippen molar-refractivity contribution in [1.82, 2.24) is 14.7 Å². The summed E-state index contributed by atoms with van der Waals surface area (Å²) in [5, 5.41) is 0. The molecule has 4 aliphatic rings. The predicted octanol–water partition coefficient (Wildman–Crippen LogP) is 0.711. The van der Waals surface area contributed by atoms with Gasteiger partial charge in [-0.05, 0) is 37.0 Å². The topological polar surface area (TPSA) is 79.4 Å². The van der Waals surface area contributed by atoms with Gasteiger partial charge in [0.05, 0.1) is 18.1 Å². The van der Waals surface area contributed by atoms with Crippen LogP contribution in [0.3, 0.4) is 0 Å². The zero-order valence-electron chi connectivity index (χ0n) is 17.2. The minimum atomic E-state index is -2.98. The number of ether oxygens (including phenoxy) is 2. The van der Waals surface area contributed by atoms with Crippen molar-refractivity contribution in [3.8, 4) is 11.5 Å². The SMILES string of the molecule is O=C(CN1CCN(Cc2ccc3c(c2)OCO3)CC1)N(C1CC1)[C@H]1CCS(=O)(=O)C1. The Labute approximate surface area is 177 Å². The van der Waals surface area contributed by atoms with Crippen LogP contribution in [0.2, 0.25) is 0 Å². The summed E-state index contributed by atoms with van der Waals surface area (Å²) in [5.41, 5.74) is 1.20. The zero-order valence-corrected chi connectivity index (χ0v) is 18.0. The van der Waals surface area contributed by atoms with Crippen LogP contribution in [0.1, 0.15) is 24.8 Å². The third kappa shape index (κ3) is 4.43. The van der Waals surface area contributed by atoms with Crippen molar-refractivity contribution >= 4 is 15.7 Å². The monoisotopic (exact) mass is 435 g/mol. The Hall–Kier alpha value is -1.84. The highest BCUT2D eigenvalue weighted by molar-refractivity contribution is 7.91. The van der Waals surface area contributed by atoms with Gasteiger partial charge < -0.3 is 14.4 Å². The van der Waals surface area contributed by atoms with E-state index in [1.54, 1.807) is 0 Å². The fourth-order valence-electron chi connectivity index (χ4n) is 4.73. The number of rotatable bonds is 6. The Morgan fingerprint density at radius 1 is 1.00 bits per heavy atom. The van der Waals surface area contributed by atoms with Crippen LogP contribution in [0.25, 0.3) is 0 Å². The van der Waals surface area contributed by atoms with Gasteiger partial charge >= 0.3 is 0 Å². The second kappa shape index (κ2) is 8.01. The molecule has 1 amide bonds. The van der Waals surface area contributed by atoms with E-state index in [1.807, 2.05) is 17.0 Å². The van der Waals surface area contributed by atoms with Crippen LogP contribution in [0.4, 0.5) is 0 Å². The maximum absolute atomic E-state index is 13.0. The van der Waals surface area contributed by atoms with Crippen LogP contribution in [0, 0.1) is 0 Å². The quantitative estimate of drug-likeness (QED) is 0.651. The number of amides is 1. The molecule has 3 fully saturated rings. The molecule has 5 rings (SSSR count). The second-order valence-electron chi connectivity index (χ2n) is 8.83. The molecule has 164 valence electrons. The molecule has 3 aliphatic heterocycles. The standard InChI is InChI=1S/C21H29N3O5S/c25-21(24(17-2-3-17)18-5-10-30(26,27)14-18)13-23-8-6-22(7-9-23)12-16-1-4-19-20(11-16)29-15-28-19/h1,4,11,17-18H,2-3,5-10,12-15H2/t18-/m0/s1. The Morgan fingerprint density at radius 2 is 1.73 bits per heavy atom. The van der Waals surface area contributed by atoms with Gasteiger partial charge in [0.25, 0.3) is 0 Å². The first-order valence-corrected chi connectivity index (χ1v) is 12.6. The molecule has 0 N–H and O–H groups in total. The Morgan fingerprint density at radius 3 is 2.43 bits per heavy atom. The molecular formula is C21H29N3O5S. The Bertz CT molecular complexity index is 909. The van der Waals surface area contributed by atoms with E-state index in [0.717, 1.165) is 57.1 Å². The summed E-state index contributed by atoms with van der Waals surface area (Å²) in [7, 11) is -2.98. The molecule has 1 aromatic carbocycles. The summed E-state index contributed by atoms with van der Waals surface area (Å²) >= 11 is 0. The van der Waals surface area contributed by atoms with E-state index >= 15 is 0 Å². The van der Waals surface area contributed by atoms with E-state index < -0.39 is 9.84 Å². The van der Waals surface area contributed by atoms with E-state index in [-0.39, 0.29) is 36.3 Å². The summed E-state index contributed by atoms with van der Waals surface area (Å²) in [5.74, 6) is 2.07. The lowest BCUT2D eigenvalue weighted by molar-refractivity contribution is -0.135. The summed E-state index contributed by atoms with van der Waals surface area (Å²) in [6.45, 7) is 5.04. The number of sulfone groups is 1. The number of nitrogens with zero attached hydrogens (tertiary/aromatic N) is 3. The lowest BCUT2D eigenvalue weighted by atomic mass is 10.1. The van der Waals surface area contributed by atoms with Crippen molar-refractivity contribution < 1.29 is 22.7 Å². The fourth-order valence-corrected chi connectivity index (χ4v) is 6.44. The molecule has 8 nitrogen and oxygen atoms in total. The zero-order chi connectivity index (χ0) is 20.7. The first-order chi connectivity index (χ1) is 14.5. The molecule has 2 saturated heterocycles. The molecule has 0 radical (unpaired) electrons. The van der Waals surface area contributed by atoms with E-state index in [2.05, 4.69) is 15.9 Å². The fraction of sp³-hybridized carbons (Fsp3) is 0.667. The summed E-state index contributed by atoms with van der Waals surface area (Å²) in [6, 6.07) is 6.21. The smallest absolute Gasteiger partial charge is 0.237 e. The van der Waals surface area contributed by atoms with Crippen LogP contribution >= 0.6 is 0 Å². The first kappa shape index (κ1) is 20.1. The highest BCUT2D eigenvalue weighted by atomic mass is 32.2. The van der Waals surface area contributed by atoms with Crippen molar-refractivity contribution in [3.05, 3.63) is 23.8 Å². The lowest BCUT2D eigenvalue weighted by Crippen LogP contribution is -2.52. The maximum atomic E-state index is 13.0. The maximum Gasteiger partial charge on any atom is 0.237 e. The van der Waals surface area contributed by atoms with Crippen molar-refractivity contribution in [2.24, 2.45) is 0 Å². The number of benzene rings is 1. The normalized spacial score (nSPS) is 26.1. The van der Waals surface area contributed by atoms with Crippen LogP contribution in [-0.4, -0.2) is 92.1 Å². The minimum Gasteiger partial charge on any atom is -0.454 e. The molecule has 30 heavy (non-hydrogen) atoms. The van der Waals surface area contributed by atoms with Crippen LogP contribution in [0.5, 0.6) is 11.5 Å². The van der Waals surface area contributed by atoms with Gasteiger partial charge in [-0.2, -0.15) is 0 Å². The van der Waals surface area contributed by atoms with Crippen molar-refractivity contribution in [3.63, 3.8) is 0 Å². The largest absolute Gasteiger partial charge is 0.454 e. The Kier molecular flexibility index (Phi) is 5.37. The molecule has 3 heterocycles. The van der Waals surface area contributed by atoms with Gasteiger partial charge in [-0.1, -0.05) is 6.07 Å². The van der Waals surface area contributed by atoms with E-state index in [0.29, 0.717) is 13.0 Å². The van der Waals surface area contributed by atoms with Crippen molar-refractivity contribution in [2.45, 2.75) is 37.9 Å². The third-order valence-electron chi connectivity index (χ3n) is 6.50. The molecule has 9 heteroatoms. The predicted molar refractivity (Wildman–Crippen MR) is 111 cm³/mol. The number of carbonyl (C=O) groups excluding carboxylic acids is 1. The summed E-state index contributed by atoms with van der Waals surface area (Å²) in [4.78, 5) is 19.5. The minimum absolute atomic E-state index is 0.101. The molecular weight excluding hydrogens is 406 g/mol. The molecule has 1 saturated carbocycles. The highest BCUT2D eigenvalue weighted by Gasteiger charge is 2.42. The average molecular weight is 436 g/mol. The summed E-state index contributed by atoms with van der Waals surface area (Å²) in [6.07, 6.45) is 2.60. The molecule has 0 aromatic heterocycles. The molecule has 1 aromatic rings. The first-order valence-electron chi connectivity index (χ1n) is 10.8. The Balaban J connectivity index is 1.13. The highest BCUT2D eigenvalue weighted by Crippen LogP contribution is 2.33. The number of carbonyl (C=O) groups is 1. The number of piperazine rings is 1. The van der Waals surface area contributed by atoms with Gasteiger partial charge in [-0.25, -0.2) is 8.42 Å². The van der Waals surface area contributed by atoms with Crippen molar-refractivity contribution in [2.75, 3.05) is 51.0 Å². The molecule has 1 atom stereocenters. The third-order valence-corrected chi connectivity index (χ3v) is 8.25. The molecule has 1 aliphatic carbocycles. The van der Waals surface area contributed by atoms with Gasteiger partial charge in [0.1, 0.15) is 0 Å². The van der Waals surface area contributed by atoms with Crippen LogP contribution in [-0.2, 0) is 21.2 Å². The average Bonchev–Trinajstić information content (AvgIpc) is 3.31. The number of fused-ring (bicyclic) bond motifs is 1. The molecule has 0 spiro atoms. The molecule has 0 bridgehead atoms. The number of hydrogen-bond acceptors (Lipinski definition) is 7. The summed E-state index contributed by atoms with van der Waals surface area (Å²) < 4.78 is 34.6. The van der Waals surface area contributed by atoms with Crippen LogP contribution < -0.4 is 9.47 Å².